The monoisotopic (exact) mass is 302 g/mol. The minimum atomic E-state index is 0.0458. The van der Waals surface area contributed by atoms with Crippen molar-refractivity contribution in [3.8, 4) is 0 Å². The number of rotatable bonds is 2. The second-order valence-electron chi connectivity index (χ2n) is 5.35. The van der Waals surface area contributed by atoms with Crippen molar-refractivity contribution < 1.29 is 9.52 Å². The molecular weight excluding hydrogens is 288 g/mol. The Morgan fingerprint density at radius 2 is 1.83 bits per heavy atom. The summed E-state index contributed by atoms with van der Waals surface area (Å²) in [5.41, 5.74) is 2.26. The molecule has 0 fully saturated rings. The number of hydrogen-bond donors (Lipinski definition) is 1. The zero-order valence-corrected chi connectivity index (χ0v) is 12.5. The third-order valence-corrected chi connectivity index (χ3v) is 3.70. The Labute approximate surface area is 132 Å². The molecule has 0 radical (unpaired) electrons. The first kappa shape index (κ1) is 13.5. The van der Waals surface area contributed by atoms with E-state index in [0.29, 0.717) is 17.3 Å². The van der Waals surface area contributed by atoms with Gasteiger partial charge in [0.2, 0.25) is 0 Å². The lowest BCUT2D eigenvalue weighted by Gasteiger charge is -2.03. The highest BCUT2D eigenvalue weighted by Crippen LogP contribution is 2.26. The van der Waals surface area contributed by atoms with Crippen molar-refractivity contribution in [1.82, 2.24) is 9.97 Å². The van der Waals surface area contributed by atoms with Gasteiger partial charge < -0.3 is 9.52 Å². The summed E-state index contributed by atoms with van der Waals surface area (Å²) in [6.07, 6.45) is 1.62. The minimum absolute atomic E-state index is 0.0458. The Bertz CT molecular complexity index is 1010. The molecule has 0 saturated carbocycles. The number of aliphatic hydroxyl groups excluding tert-OH is 1. The molecule has 0 atom stereocenters. The Morgan fingerprint density at radius 1 is 1.04 bits per heavy atom. The molecular formula is C19H14N2O2. The highest BCUT2D eigenvalue weighted by atomic mass is 16.4. The normalized spacial score (nSPS) is 12.1. The van der Waals surface area contributed by atoms with Crippen molar-refractivity contribution >= 4 is 33.7 Å². The van der Waals surface area contributed by atoms with E-state index in [1.165, 1.54) is 0 Å². The van der Waals surface area contributed by atoms with Gasteiger partial charge >= 0.3 is 0 Å². The average Bonchev–Trinajstić information content (AvgIpc) is 2.99. The number of aliphatic hydroxyl groups is 1. The highest BCUT2D eigenvalue weighted by Gasteiger charge is 2.10. The van der Waals surface area contributed by atoms with Crippen LogP contribution in [0.15, 0.2) is 59.0 Å². The first-order chi connectivity index (χ1) is 11.2. The molecule has 2 aromatic heterocycles. The maximum Gasteiger partial charge on any atom is 0.169 e. The van der Waals surface area contributed by atoms with E-state index in [2.05, 4.69) is 9.97 Å². The Balaban J connectivity index is 1.86. The summed E-state index contributed by atoms with van der Waals surface area (Å²) in [4.78, 5) is 8.84. The van der Waals surface area contributed by atoms with E-state index in [4.69, 9.17) is 4.42 Å². The number of benzene rings is 2. The van der Waals surface area contributed by atoms with Gasteiger partial charge in [-0.15, -0.1) is 0 Å². The predicted molar refractivity (Wildman–Crippen MR) is 91.0 cm³/mol. The number of aromatic nitrogens is 2. The number of para-hydroxylation sites is 2. The van der Waals surface area contributed by atoms with E-state index in [1.807, 2.05) is 61.5 Å². The van der Waals surface area contributed by atoms with Gasteiger partial charge in [0.1, 0.15) is 11.4 Å². The molecule has 0 bridgehead atoms. The van der Waals surface area contributed by atoms with Crippen LogP contribution in [0.4, 0.5) is 0 Å². The smallest absolute Gasteiger partial charge is 0.169 e. The van der Waals surface area contributed by atoms with E-state index in [9.17, 15) is 5.11 Å². The van der Waals surface area contributed by atoms with Crippen LogP contribution in [0.25, 0.3) is 33.7 Å². The fourth-order valence-electron chi connectivity index (χ4n) is 2.64. The quantitative estimate of drug-likeness (QED) is 0.543. The number of fused-ring (bicyclic) bond motifs is 2. The molecule has 0 aliphatic carbocycles. The highest BCUT2D eigenvalue weighted by molar-refractivity contribution is 5.91. The van der Waals surface area contributed by atoms with Gasteiger partial charge in [0.15, 0.2) is 11.5 Å². The summed E-state index contributed by atoms with van der Waals surface area (Å²) in [6.45, 7) is 1.84. The molecule has 1 N–H and O–H groups in total. The Morgan fingerprint density at radius 3 is 2.70 bits per heavy atom. The summed E-state index contributed by atoms with van der Waals surface area (Å²) in [6, 6.07) is 17.2. The van der Waals surface area contributed by atoms with E-state index in [-0.39, 0.29) is 5.76 Å². The van der Waals surface area contributed by atoms with Crippen molar-refractivity contribution in [2.24, 2.45) is 0 Å². The number of aryl methyl sites for hydroxylation is 1. The fourth-order valence-corrected chi connectivity index (χ4v) is 2.64. The number of hydrogen-bond acceptors (Lipinski definition) is 4. The van der Waals surface area contributed by atoms with Crippen LogP contribution in [0.5, 0.6) is 0 Å². The first-order valence-corrected chi connectivity index (χ1v) is 7.34. The van der Waals surface area contributed by atoms with E-state index >= 15 is 0 Å². The topological polar surface area (TPSA) is 59.2 Å². The van der Waals surface area contributed by atoms with Crippen LogP contribution in [0.2, 0.25) is 0 Å². The maximum absolute atomic E-state index is 10.4. The SMILES string of the molecule is Cc1nc(C=C(O)c2cc3ccccc3o2)c2ccccc2n1. The van der Waals surface area contributed by atoms with Crippen molar-refractivity contribution in [2.75, 3.05) is 0 Å². The standard InChI is InChI=1S/C19H14N2O2/c1-12-20-15-8-4-3-7-14(15)16(21-12)11-17(22)19-10-13-6-2-5-9-18(13)23-19/h2-11,22H,1H3. The van der Waals surface area contributed by atoms with Crippen LogP contribution in [-0.2, 0) is 0 Å². The second-order valence-corrected chi connectivity index (χ2v) is 5.35. The molecule has 4 aromatic rings. The fraction of sp³-hybridized carbons (Fsp3) is 0.0526. The van der Waals surface area contributed by atoms with Crippen LogP contribution >= 0.6 is 0 Å². The van der Waals surface area contributed by atoms with Crippen molar-refractivity contribution in [3.05, 3.63) is 71.9 Å². The number of nitrogens with zero attached hydrogens (tertiary/aromatic N) is 2. The average molecular weight is 302 g/mol. The van der Waals surface area contributed by atoms with Crippen molar-refractivity contribution in [3.63, 3.8) is 0 Å². The van der Waals surface area contributed by atoms with Gasteiger partial charge in [-0.05, 0) is 25.1 Å². The first-order valence-electron chi connectivity index (χ1n) is 7.34. The molecule has 4 heteroatoms. The van der Waals surface area contributed by atoms with Gasteiger partial charge in [-0.3, -0.25) is 0 Å². The molecule has 0 aliphatic rings. The predicted octanol–water partition coefficient (Wildman–Crippen LogP) is 4.74. The molecule has 23 heavy (non-hydrogen) atoms. The Hall–Kier alpha value is -3.14. The van der Waals surface area contributed by atoms with E-state index in [1.54, 1.807) is 6.08 Å². The van der Waals surface area contributed by atoms with Crippen LogP contribution in [-0.4, -0.2) is 15.1 Å². The van der Waals surface area contributed by atoms with E-state index in [0.717, 1.165) is 21.9 Å². The molecule has 0 unspecified atom stereocenters. The molecule has 2 aromatic carbocycles. The summed E-state index contributed by atoms with van der Waals surface area (Å²) < 4.78 is 5.68. The summed E-state index contributed by atoms with van der Waals surface area (Å²) >= 11 is 0. The third-order valence-electron chi connectivity index (χ3n) is 3.70. The maximum atomic E-state index is 10.4. The van der Waals surface area contributed by atoms with Crippen LogP contribution in [0.1, 0.15) is 17.3 Å². The second kappa shape index (κ2) is 5.25. The van der Waals surface area contributed by atoms with Crippen molar-refractivity contribution in [2.45, 2.75) is 6.92 Å². The molecule has 2 heterocycles. The summed E-state index contributed by atoms with van der Waals surface area (Å²) in [5, 5.41) is 12.3. The molecule has 0 aliphatic heterocycles. The summed E-state index contributed by atoms with van der Waals surface area (Å²) in [7, 11) is 0. The van der Waals surface area contributed by atoms with Gasteiger partial charge in [0.25, 0.3) is 0 Å². The zero-order chi connectivity index (χ0) is 15.8. The minimum Gasteiger partial charge on any atom is -0.504 e. The number of furan rings is 1. The Kier molecular flexibility index (Phi) is 3.08. The van der Waals surface area contributed by atoms with Crippen LogP contribution in [0, 0.1) is 6.92 Å². The molecule has 0 amide bonds. The largest absolute Gasteiger partial charge is 0.504 e. The van der Waals surface area contributed by atoms with Crippen LogP contribution < -0.4 is 0 Å². The van der Waals surface area contributed by atoms with Crippen molar-refractivity contribution in [1.29, 1.82) is 0 Å². The molecule has 4 nitrogen and oxygen atoms in total. The lowest BCUT2D eigenvalue weighted by molar-refractivity contribution is 0.474. The lowest BCUT2D eigenvalue weighted by atomic mass is 10.1. The molecule has 4 rings (SSSR count). The van der Waals surface area contributed by atoms with E-state index < -0.39 is 0 Å². The zero-order valence-electron chi connectivity index (χ0n) is 12.5. The third kappa shape index (κ3) is 2.44. The van der Waals surface area contributed by atoms with Gasteiger partial charge in [0.05, 0.1) is 11.2 Å². The van der Waals surface area contributed by atoms with Gasteiger partial charge in [0, 0.05) is 16.8 Å². The summed E-state index contributed by atoms with van der Waals surface area (Å²) in [5.74, 6) is 1.13. The molecule has 0 saturated heterocycles. The lowest BCUT2D eigenvalue weighted by Crippen LogP contribution is -1.94. The van der Waals surface area contributed by atoms with Gasteiger partial charge in [-0.1, -0.05) is 36.4 Å². The van der Waals surface area contributed by atoms with Gasteiger partial charge in [-0.25, -0.2) is 9.97 Å². The van der Waals surface area contributed by atoms with Crippen LogP contribution in [0.3, 0.4) is 0 Å². The van der Waals surface area contributed by atoms with Gasteiger partial charge in [-0.2, -0.15) is 0 Å². The molecule has 112 valence electrons. The molecule has 0 spiro atoms.